The second-order valence-corrected chi connectivity index (χ2v) is 4.26. The highest BCUT2D eigenvalue weighted by atomic mass is 14.6. The van der Waals surface area contributed by atoms with Crippen LogP contribution in [0.1, 0.15) is 5.56 Å². The van der Waals surface area contributed by atoms with Gasteiger partial charge in [-0.2, -0.15) is 0 Å². The van der Waals surface area contributed by atoms with Crippen LogP contribution in [-0.2, 0) is 0 Å². The van der Waals surface area contributed by atoms with E-state index < -0.39 is 0 Å². The van der Waals surface area contributed by atoms with Gasteiger partial charge < -0.3 is 0 Å². The maximum atomic E-state index is 4.17. The summed E-state index contributed by atoms with van der Waals surface area (Å²) in [7, 11) is 0. The van der Waals surface area contributed by atoms with Crippen LogP contribution in [0.15, 0.2) is 60.9 Å². The molecule has 0 fully saturated rings. The number of nitrogens with zero attached hydrogens (tertiary/aromatic N) is 1. The van der Waals surface area contributed by atoms with E-state index in [4.69, 9.17) is 0 Å². The highest BCUT2D eigenvalue weighted by Gasteiger charge is 2.02. The fourth-order valence-electron chi connectivity index (χ4n) is 2.20. The van der Waals surface area contributed by atoms with Crippen LogP contribution >= 0.6 is 0 Å². The van der Waals surface area contributed by atoms with Crippen molar-refractivity contribution in [2.24, 2.45) is 0 Å². The van der Waals surface area contributed by atoms with E-state index in [9.17, 15) is 0 Å². The number of benzene rings is 2. The highest BCUT2D eigenvalue weighted by molar-refractivity contribution is 5.90. The second-order valence-electron chi connectivity index (χ2n) is 4.26. The lowest BCUT2D eigenvalue weighted by Gasteiger charge is -2.07. The molecule has 0 spiro atoms. The molecule has 17 heavy (non-hydrogen) atoms. The zero-order chi connectivity index (χ0) is 11.7. The zero-order valence-electron chi connectivity index (χ0n) is 9.72. The van der Waals surface area contributed by atoms with Crippen molar-refractivity contribution in [1.82, 2.24) is 4.98 Å². The topological polar surface area (TPSA) is 12.9 Å². The molecule has 0 N–H and O–H groups in total. The first-order valence-electron chi connectivity index (χ1n) is 5.74. The van der Waals surface area contributed by atoms with Gasteiger partial charge in [-0.05, 0) is 41.0 Å². The van der Waals surface area contributed by atoms with E-state index in [1.54, 1.807) is 6.20 Å². The fraction of sp³-hybridized carbons (Fsp3) is 0.0625. The van der Waals surface area contributed by atoms with Crippen LogP contribution in [0.2, 0.25) is 0 Å². The van der Waals surface area contributed by atoms with Crippen molar-refractivity contribution in [3.05, 3.63) is 66.5 Å². The van der Waals surface area contributed by atoms with Gasteiger partial charge in [0.15, 0.2) is 0 Å². The van der Waals surface area contributed by atoms with Gasteiger partial charge in [-0.1, -0.05) is 36.4 Å². The lowest BCUT2D eigenvalue weighted by Crippen LogP contribution is -1.83. The molecule has 1 heteroatoms. The molecular weight excluding hydrogens is 206 g/mol. The smallest absolute Gasteiger partial charge is 0.0346 e. The Hall–Kier alpha value is -2.15. The molecule has 2 aromatic carbocycles. The SMILES string of the molecule is Cc1cc(-c2cccnc2)cc2ccccc12. The minimum Gasteiger partial charge on any atom is -0.264 e. The molecule has 3 aromatic rings. The van der Waals surface area contributed by atoms with Gasteiger partial charge in [0.1, 0.15) is 0 Å². The highest BCUT2D eigenvalue weighted by Crippen LogP contribution is 2.26. The number of rotatable bonds is 1. The Morgan fingerprint density at radius 2 is 1.76 bits per heavy atom. The molecule has 1 aromatic heterocycles. The average molecular weight is 219 g/mol. The number of hydrogen-bond acceptors (Lipinski definition) is 1. The summed E-state index contributed by atoms with van der Waals surface area (Å²) in [5.74, 6) is 0. The third kappa shape index (κ3) is 1.80. The molecule has 0 bridgehead atoms. The van der Waals surface area contributed by atoms with Crippen molar-refractivity contribution in [3.8, 4) is 11.1 Å². The first-order valence-corrected chi connectivity index (χ1v) is 5.74. The maximum Gasteiger partial charge on any atom is 0.0346 e. The summed E-state index contributed by atoms with van der Waals surface area (Å²) in [6.45, 7) is 2.15. The standard InChI is InChI=1S/C16H13N/c1-12-9-15(14-6-4-8-17-11-14)10-13-5-2-3-7-16(12)13/h2-11H,1H3. The average Bonchev–Trinajstić information content (AvgIpc) is 2.40. The molecule has 0 saturated carbocycles. The summed E-state index contributed by atoms with van der Waals surface area (Å²) in [4.78, 5) is 4.17. The quantitative estimate of drug-likeness (QED) is 0.597. The lowest BCUT2D eigenvalue weighted by molar-refractivity contribution is 1.33. The fourth-order valence-corrected chi connectivity index (χ4v) is 2.20. The third-order valence-electron chi connectivity index (χ3n) is 3.06. The van der Waals surface area contributed by atoms with E-state index in [1.807, 2.05) is 12.3 Å². The van der Waals surface area contributed by atoms with Crippen LogP contribution in [0.5, 0.6) is 0 Å². The Labute approximate surface area is 101 Å². The van der Waals surface area contributed by atoms with Gasteiger partial charge in [0.2, 0.25) is 0 Å². The van der Waals surface area contributed by atoms with Crippen molar-refractivity contribution < 1.29 is 0 Å². The molecule has 0 aliphatic heterocycles. The molecule has 1 nitrogen and oxygen atoms in total. The Kier molecular flexibility index (Phi) is 2.37. The van der Waals surface area contributed by atoms with Crippen molar-refractivity contribution >= 4 is 10.8 Å². The second kappa shape index (κ2) is 4.02. The maximum absolute atomic E-state index is 4.17. The minimum atomic E-state index is 1.17. The molecule has 0 aliphatic carbocycles. The first-order chi connectivity index (χ1) is 8.34. The zero-order valence-corrected chi connectivity index (χ0v) is 9.72. The summed E-state index contributed by atoms with van der Waals surface area (Å²) in [5.41, 5.74) is 3.71. The molecule has 1 heterocycles. The van der Waals surface area contributed by atoms with Crippen molar-refractivity contribution in [2.45, 2.75) is 6.92 Å². The molecule has 82 valence electrons. The number of aromatic nitrogens is 1. The number of fused-ring (bicyclic) bond motifs is 1. The molecule has 0 amide bonds. The normalized spacial score (nSPS) is 10.6. The summed E-state index contributed by atoms with van der Waals surface area (Å²) >= 11 is 0. The molecule has 0 radical (unpaired) electrons. The number of pyridine rings is 1. The lowest BCUT2D eigenvalue weighted by atomic mass is 9.98. The van der Waals surface area contributed by atoms with Crippen LogP contribution in [0.25, 0.3) is 21.9 Å². The van der Waals surface area contributed by atoms with Crippen LogP contribution in [-0.4, -0.2) is 4.98 Å². The largest absolute Gasteiger partial charge is 0.264 e. The predicted molar refractivity (Wildman–Crippen MR) is 71.9 cm³/mol. The van der Waals surface area contributed by atoms with Crippen molar-refractivity contribution in [1.29, 1.82) is 0 Å². The van der Waals surface area contributed by atoms with Crippen LogP contribution in [0.3, 0.4) is 0 Å². The van der Waals surface area contributed by atoms with Crippen LogP contribution in [0, 0.1) is 6.92 Å². The van der Waals surface area contributed by atoms with E-state index in [2.05, 4.69) is 54.4 Å². The summed E-state index contributed by atoms with van der Waals surface area (Å²) < 4.78 is 0. The molecular formula is C16H13N. The number of aryl methyl sites for hydroxylation is 1. The Bertz CT molecular complexity index is 657. The Morgan fingerprint density at radius 1 is 0.882 bits per heavy atom. The van der Waals surface area contributed by atoms with Gasteiger partial charge in [0, 0.05) is 18.0 Å². The summed E-state index contributed by atoms with van der Waals surface area (Å²) in [6, 6.07) is 17.0. The van der Waals surface area contributed by atoms with E-state index in [0.717, 1.165) is 0 Å². The van der Waals surface area contributed by atoms with Crippen LogP contribution in [0.4, 0.5) is 0 Å². The van der Waals surface area contributed by atoms with E-state index in [-0.39, 0.29) is 0 Å². The van der Waals surface area contributed by atoms with Crippen LogP contribution < -0.4 is 0 Å². The van der Waals surface area contributed by atoms with E-state index in [0.29, 0.717) is 0 Å². The minimum absolute atomic E-state index is 1.17. The molecule has 0 saturated heterocycles. The van der Waals surface area contributed by atoms with Gasteiger partial charge in [-0.15, -0.1) is 0 Å². The molecule has 0 atom stereocenters. The van der Waals surface area contributed by atoms with E-state index >= 15 is 0 Å². The first kappa shape index (κ1) is 10.0. The van der Waals surface area contributed by atoms with Gasteiger partial charge in [0.05, 0.1) is 0 Å². The predicted octanol–water partition coefficient (Wildman–Crippen LogP) is 4.21. The summed E-state index contributed by atoms with van der Waals surface area (Å²) in [6.07, 6.45) is 3.71. The Balaban J connectivity index is 2.26. The molecule has 0 aliphatic rings. The third-order valence-corrected chi connectivity index (χ3v) is 3.06. The number of hydrogen-bond donors (Lipinski definition) is 0. The van der Waals surface area contributed by atoms with Crippen molar-refractivity contribution in [3.63, 3.8) is 0 Å². The van der Waals surface area contributed by atoms with Gasteiger partial charge in [-0.3, -0.25) is 4.98 Å². The molecule has 3 rings (SSSR count). The van der Waals surface area contributed by atoms with E-state index in [1.165, 1.54) is 27.5 Å². The molecule has 0 unspecified atom stereocenters. The Morgan fingerprint density at radius 3 is 2.59 bits per heavy atom. The monoisotopic (exact) mass is 219 g/mol. The van der Waals surface area contributed by atoms with Crippen molar-refractivity contribution in [2.75, 3.05) is 0 Å². The van der Waals surface area contributed by atoms with Gasteiger partial charge >= 0.3 is 0 Å². The van der Waals surface area contributed by atoms with Gasteiger partial charge in [0.25, 0.3) is 0 Å². The van der Waals surface area contributed by atoms with Gasteiger partial charge in [-0.25, -0.2) is 0 Å². The summed E-state index contributed by atoms with van der Waals surface area (Å²) in [5, 5.41) is 2.60.